The first-order valence-corrected chi connectivity index (χ1v) is 5.62. The molecule has 0 saturated carbocycles. The lowest BCUT2D eigenvalue weighted by Gasteiger charge is -2.39. The summed E-state index contributed by atoms with van der Waals surface area (Å²) < 4.78 is 0. The Bertz CT molecular complexity index is 128. The fourth-order valence-corrected chi connectivity index (χ4v) is 1.99. The van der Waals surface area contributed by atoms with E-state index in [1.165, 1.54) is 13.0 Å². The topological polar surface area (TPSA) is 29.3 Å². The lowest BCUT2D eigenvalue weighted by Crippen LogP contribution is -2.48. The van der Waals surface area contributed by atoms with E-state index in [-0.39, 0.29) is 1.43 Å². The molecule has 1 aliphatic rings. The van der Waals surface area contributed by atoms with Crippen molar-refractivity contribution in [3.8, 4) is 0 Å². The van der Waals surface area contributed by atoms with Gasteiger partial charge in [-0.15, -0.1) is 0 Å². The third kappa shape index (κ3) is 4.10. The highest BCUT2D eigenvalue weighted by atomic mass is 15.2. The van der Waals surface area contributed by atoms with Crippen LogP contribution in [-0.4, -0.2) is 29.6 Å². The second-order valence-electron chi connectivity index (χ2n) is 3.97. The van der Waals surface area contributed by atoms with Gasteiger partial charge in [0.05, 0.1) is 0 Å². The highest BCUT2D eigenvalue weighted by molar-refractivity contribution is 4.82. The molecule has 2 unspecified atom stereocenters. The van der Waals surface area contributed by atoms with E-state index in [1.807, 2.05) is 13.8 Å². The van der Waals surface area contributed by atoms with Crippen LogP contribution in [0.3, 0.4) is 0 Å². The highest BCUT2D eigenvalue weighted by Gasteiger charge is 2.24. The van der Waals surface area contributed by atoms with Crippen LogP contribution in [0.15, 0.2) is 0 Å². The smallest absolute Gasteiger partial charge is 0.00843 e. The number of likely N-dealkylation sites (tertiary alicyclic amines) is 1. The molecule has 1 aliphatic heterocycles. The minimum absolute atomic E-state index is 0. The van der Waals surface area contributed by atoms with E-state index in [0.29, 0.717) is 18.1 Å². The van der Waals surface area contributed by atoms with E-state index >= 15 is 0 Å². The molecule has 1 heterocycles. The van der Waals surface area contributed by atoms with Crippen molar-refractivity contribution in [1.82, 2.24) is 4.90 Å². The molecule has 0 radical (unpaired) electrons. The number of piperidine rings is 1. The Hall–Kier alpha value is -0.0800. The summed E-state index contributed by atoms with van der Waals surface area (Å²) in [6.45, 7) is 12.0. The number of nitrogens with zero attached hydrogens (tertiary/aromatic N) is 1. The van der Waals surface area contributed by atoms with Crippen LogP contribution >= 0.6 is 0 Å². The van der Waals surface area contributed by atoms with Crippen LogP contribution in [-0.2, 0) is 0 Å². The lowest BCUT2D eigenvalue weighted by atomic mass is 9.98. The molecule has 0 amide bonds. The molecule has 0 aliphatic carbocycles. The van der Waals surface area contributed by atoms with Gasteiger partial charge in [-0.3, -0.25) is 4.90 Å². The number of nitrogens with two attached hydrogens (primary N) is 1. The van der Waals surface area contributed by atoms with Gasteiger partial charge in [-0.25, -0.2) is 0 Å². The van der Waals surface area contributed by atoms with Crippen molar-refractivity contribution in [2.24, 2.45) is 5.73 Å². The van der Waals surface area contributed by atoms with Crippen LogP contribution in [0.2, 0.25) is 0 Å². The molecular weight excluding hydrogens is 160 g/mol. The molecule has 1 fully saturated rings. The van der Waals surface area contributed by atoms with Crippen molar-refractivity contribution < 1.29 is 1.43 Å². The molecule has 0 aromatic carbocycles. The molecular formula is C11H28N2. The molecule has 1 saturated heterocycles. The average Bonchev–Trinajstić information content (AvgIpc) is 2.07. The molecule has 2 nitrogen and oxygen atoms in total. The predicted octanol–water partition coefficient (Wildman–Crippen LogP) is 2.48. The van der Waals surface area contributed by atoms with Crippen molar-refractivity contribution >= 4 is 0 Å². The van der Waals surface area contributed by atoms with Crippen molar-refractivity contribution in [2.45, 2.75) is 65.6 Å². The van der Waals surface area contributed by atoms with E-state index < -0.39 is 0 Å². The molecule has 13 heavy (non-hydrogen) atoms. The summed E-state index contributed by atoms with van der Waals surface area (Å²) in [6, 6.07) is 1.80. The highest BCUT2D eigenvalue weighted by Crippen LogP contribution is 2.17. The Labute approximate surface area is 85.0 Å². The Morgan fingerprint density at radius 3 is 2.31 bits per heavy atom. The summed E-state index contributed by atoms with van der Waals surface area (Å²) >= 11 is 0. The van der Waals surface area contributed by atoms with E-state index in [1.54, 1.807) is 0 Å². The quantitative estimate of drug-likeness (QED) is 0.685. The average molecular weight is 188 g/mol. The monoisotopic (exact) mass is 188 g/mol. The molecule has 82 valence electrons. The third-order valence-electron chi connectivity index (χ3n) is 2.63. The first kappa shape index (κ1) is 12.9. The van der Waals surface area contributed by atoms with Gasteiger partial charge in [0, 0.05) is 26.1 Å². The van der Waals surface area contributed by atoms with Gasteiger partial charge >= 0.3 is 0 Å². The first-order valence-electron chi connectivity index (χ1n) is 5.62. The Morgan fingerprint density at radius 2 is 1.92 bits per heavy atom. The van der Waals surface area contributed by atoms with Gasteiger partial charge in [0.25, 0.3) is 0 Å². The lowest BCUT2D eigenvalue weighted by molar-refractivity contribution is 0.113. The number of hydrogen-bond donors (Lipinski definition) is 1. The zero-order chi connectivity index (χ0) is 10.4. The number of hydrogen-bond acceptors (Lipinski definition) is 2. The van der Waals surface area contributed by atoms with E-state index in [0.717, 1.165) is 6.42 Å². The normalized spacial score (nSPS) is 29.8. The Kier molecular flexibility index (Phi) is 6.35. The van der Waals surface area contributed by atoms with Crippen LogP contribution in [0.4, 0.5) is 0 Å². The van der Waals surface area contributed by atoms with Crippen LogP contribution in [0, 0.1) is 0 Å². The standard InChI is InChI=1S/C9H20N2.C2H6.H2/c1-7(2)11-5-4-9(10)6-8(11)3;1-2;/h7-9H,4-6,10H2,1-3H3;1-2H3;1H. The van der Waals surface area contributed by atoms with Gasteiger partial charge in [-0.2, -0.15) is 0 Å². The molecule has 2 heteroatoms. The molecule has 0 aromatic heterocycles. The minimum Gasteiger partial charge on any atom is -0.328 e. The summed E-state index contributed by atoms with van der Waals surface area (Å²) in [5.74, 6) is 0. The Balaban J connectivity index is 0. The van der Waals surface area contributed by atoms with E-state index in [2.05, 4.69) is 25.7 Å². The summed E-state index contributed by atoms with van der Waals surface area (Å²) in [7, 11) is 0. The first-order chi connectivity index (χ1) is 6.11. The van der Waals surface area contributed by atoms with Crippen molar-refractivity contribution in [3.05, 3.63) is 0 Å². The summed E-state index contributed by atoms with van der Waals surface area (Å²) in [6.07, 6.45) is 2.33. The second kappa shape index (κ2) is 6.39. The van der Waals surface area contributed by atoms with Gasteiger partial charge in [-0.05, 0) is 33.6 Å². The fourth-order valence-electron chi connectivity index (χ4n) is 1.99. The zero-order valence-corrected chi connectivity index (χ0v) is 9.88. The molecule has 2 atom stereocenters. The molecule has 0 aromatic rings. The van der Waals surface area contributed by atoms with Gasteiger partial charge in [0.15, 0.2) is 0 Å². The maximum Gasteiger partial charge on any atom is 0.00843 e. The van der Waals surface area contributed by atoms with E-state index in [4.69, 9.17) is 5.73 Å². The number of rotatable bonds is 1. The molecule has 1 rings (SSSR count). The van der Waals surface area contributed by atoms with Crippen LogP contribution in [0.25, 0.3) is 0 Å². The fraction of sp³-hybridized carbons (Fsp3) is 1.00. The minimum atomic E-state index is 0. The van der Waals surface area contributed by atoms with Crippen molar-refractivity contribution in [2.75, 3.05) is 6.54 Å². The summed E-state index contributed by atoms with van der Waals surface area (Å²) in [5.41, 5.74) is 5.86. The third-order valence-corrected chi connectivity index (χ3v) is 2.63. The molecule has 2 N–H and O–H groups in total. The van der Waals surface area contributed by atoms with E-state index in [9.17, 15) is 0 Å². The Morgan fingerprint density at radius 1 is 1.38 bits per heavy atom. The van der Waals surface area contributed by atoms with Crippen LogP contribution in [0.5, 0.6) is 0 Å². The van der Waals surface area contributed by atoms with Crippen LogP contribution < -0.4 is 5.73 Å². The zero-order valence-electron chi connectivity index (χ0n) is 9.88. The second-order valence-corrected chi connectivity index (χ2v) is 3.97. The van der Waals surface area contributed by atoms with Gasteiger partial charge in [0.1, 0.15) is 0 Å². The van der Waals surface area contributed by atoms with Crippen molar-refractivity contribution in [3.63, 3.8) is 0 Å². The molecule has 0 bridgehead atoms. The maximum absolute atomic E-state index is 5.86. The van der Waals surface area contributed by atoms with Crippen molar-refractivity contribution in [1.29, 1.82) is 0 Å². The summed E-state index contributed by atoms with van der Waals surface area (Å²) in [5, 5.41) is 0. The molecule has 0 spiro atoms. The SMILES string of the molecule is CC.CC(C)N1CCC(N)CC1C.[HH]. The van der Waals surface area contributed by atoms with Crippen LogP contribution in [0.1, 0.15) is 48.9 Å². The van der Waals surface area contributed by atoms with Gasteiger partial charge in [0.2, 0.25) is 0 Å². The largest absolute Gasteiger partial charge is 0.328 e. The predicted molar refractivity (Wildman–Crippen MR) is 62.0 cm³/mol. The maximum atomic E-state index is 5.86. The van der Waals surface area contributed by atoms with Gasteiger partial charge in [-0.1, -0.05) is 13.8 Å². The summed E-state index contributed by atoms with van der Waals surface area (Å²) in [4.78, 5) is 2.53. The van der Waals surface area contributed by atoms with Gasteiger partial charge < -0.3 is 5.73 Å².